The predicted octanol–water partition coefficient (Wildman–Crippen LogP) is 2.30. The standard InChI is InChI=1S/C20H21NO2/c22-14-13-21(15-19-9-5-2-6-10-19)20(16-23-17-20)12-11-18-7-3-1-4-8-18/h1-10,22H,13-17H2. The van der Waals surface area contributed by atoms with Gasteiger partial charge in [0.25, 0.3) is 0 Å². The molecule has 1 N–H and O–H groups in total. The smallest absolute Gasteiger partial charge is 0.130 e. The molecule has 1 heterocycles. The molecule has 0 spiro atoms. The summed E-state index contributed by atoms with van der Waals surface area (Å²) in [5.74, 6) is 6.65. The summed E-state index contributed by atoms with van der Waals surface area (Å²) < 4.78 is 5.47. The summed E-state index contributed by atoms with van der Waals surface area (Å²) in [6.45, 7) is 2.62. The van der Waals surface area contributed by atoms with Gasteiger partial charge in [0.05, 0.1) is 19.8 Å². The van der Waals surface area contributed by atoms with E-state index in [9.17, 15) is 5.11 Å². The predicted molar refractivity (Wildman–Crippen MR) is 90.8 cm³/mol. The minimum atomic E-state index is -0.311. The largest absolute Gasteiger partial charge is 0.395 e. The van der Waals surface area contributed by atoms with E-state index in [1.54, 1.807) is 0 Å². The van der Waals surface area contributed by atoms with E-state index in [1.165, 1.54) is 5.56 Å². The number of hydrogen-bond donors (Lipinski definition) is 1. The average molecular weight is 307 g/mol. The Balaban J connectivity index is 1.82. The average Bonchev–Trinajstić information content (AvgIpc) is 2.56. The summed E-state index contributed by atoms with van der Waals surface area (Å²) >= 11 is 0. The number of aliphatic hydroxyl groups is 1. The van der Waals surface area contributed by atoms with Crippen molar-refractivity contribution in [2.45, 2.75) is 12.1 Å². The minimum Gasteiger partial charge on any atom is -0.395 e. The Bertz CT molecular complexity index is 669. The van der Waals surface area contributed by atoms with Crippen molar-refractivity contribution >= 4 is 0 Å². The molecule has 3 nitrogen and oxygen atoms in total. The maximum atomic E-state index is 9.45. The van der Waals surface area contributed by atoms with Crippen LogP contribution in [0.25, 0.3) is 0 Å². The van der Waals surface area contributed by atoms with Gasteiger partial charge in [-0.2, -0.15) is 0 Å². The molecule has 0 unspecified atom stereocenters. The summed E-state index contributed by atoms with van der Waals surface area (Å²) in [6.07, 6.45) is 0. The lowest BCUT2D eigenvalue weighted by Crippen LogP contribution is -2.61. The molecule has 118 valence electrons. The Labute approximate surface area is 137 Å². The van der Waals surface area contributed by atoms with Crippen molar-refractivity contribution in [2.75, 3.05) is 26.4 Å². The number of benzene rings is 2. The molecule has 0 amide bonds. The number of rotatable bonds is 5. The fraction of sp³-hybridized carbons (Fsp3) is 0.300. The summed E-state index contributed by atoms with van der Waals surface area (Å²) in [5.41, 5.74) is 1.91. The zero-order valence-corrected chi connectivity index (χ0v) is 13.1. The van der Waals surface area contributed by atoms with E-state index in [1.807, 2.05) is 48.5 Å². The Hall–Kier alpha value is -2.12. The van der Waals surface area contributed by atoms with E-state index < -0.39 is 0 Å². The Morgan fingerprint density at radius 2 is 1.65 bits per heavy atom. The van der Waals surface area contributed by atoms with Crippen LogP contribution >= 0.6 is 0 Å². The van der Waals surface area contributed by atoms with Crippen molar-refractivity contribution < 1.29 is 9.84 Å². The van der Waals surface area contributed by atoms with Gasteiger partial charge in [-0.05, 0) is 17.7 Å². The number of β-amino-alcohol motifs (C(OH)–C–C–N with tert-alkyl or cyclic N) is 1. The second-order valence-electron chi connectivity index (χ2n) is 5.77. The highest BCUT2D eigenvalue weighted by Gasteiger charge is 2.42. The molecule has 1 saturated heterocycles. The molecule has 3 heteroatoms. The molecule has 0 saturated carbocycles. The van der Waals surface area contributed by atoms with Crippen LogP contribution in [-0.2, 0) is 11.3 Å². The van der Waals surface area contributed by atoms with E-state index in [2.05, 4.69) is 28.9 Å². The lowest BCUT2D eigenvalue weighted by atomic mass is 9.94. The first-order chi connectivity index (χ1) is 11.3. The molecule has 0 atom stereocenters. The molecule has 0 aromatic heterocycles. The highest BCUT2D eigenvalue weighted by atomic mass is 16.5. The quantitative estimate of drug-likeness (QED) is 0.861. The molecule has 0 bridgehead atoms. The van der Waals surface area contributed by atoms with Gasteiger partial charge < -0.3 is 9.84 Å². The van der Waals surface area contributed by atoms with Gasteiger partial charge in [0.1, 0.15) is 5.54 Å². The number of nitrogens with zero attached hydrogens (tertiary/aromatic N) is 1. The van der Waals surface area contributed by atoms with Crippen LogP contribution < -0.4 is 0 Å². The van der Waals surface area contributed by atoms with Gasteiger partial charge in [0, 0.05) is 18.7 Å². The monoisotopic (exact) mass is 307 g/mol. The zero-order chi connectivity index (χ0) is 16.0. The highest BCUT2D eigenvalue weighted by Crippen LogP contribution is 2.26. The van der Waals surface area contributed by atoms with Crippen LogP contribution in [0.1, 0.15) is 11.1 Å². The van der Waals surface area contributed by atoms with Gasteiger partial charge in [-0.15, -0.1) is 0 Å². The molecule has 2 aromatic carbocycles. The van der Waals surface area contributed by atoms with Gasteiger partial charge in [0.15, 0.2) is 0 Å². The molecule has 1 fully saturated rings. The number of aliphatic hydroxyl groups excluding tert-OH is 1. The van der Waals surface area contributed by atoms with Gasteiger partial charge in [0.2, 0.25) is 0 Å². The van der Waals surface area contributed by atoms with Gasteiger partial charge in [-0.25, -0.2) is 0 Å². The maximum absolute atomic E-state index is 9.45. The third-order valence-electron chi connectivity index (χ3n) is 4.09. The fourth-order valence-corrected chi connectivity index (χ4v) is 2.71. The minimum absolute atomic E-state index is 0.113. The second-order valence-corrected chi connectivity index (χ2v) is 5.77. The third-order valence-corrected chi connectivity index (χ3v) is 4.09. The van der Waals surface area contributed by atoms with Crippen LogP contribution in [0, 0.1) is 11.8 Å². The molecule has 3 rings (SSSR count). The Morgan fingerprint density at radius 3 is 2.22 bits per heavy atom. The molecule has 2 aromatic rings. The molecular formula is C20H21NO2. The van der Waals surface area contributed by atoms with Crippen molar-refractivity contribution in [2.24, 2.45) is 0 Å². The van der Waals surface area contributed by atoms with Gasteiger partial charge in [-0.3, -0.25) is 4.90 Å². The van der Waals surface area contributed by atoms with Crippen molar-refractivity contribution in [3.63, 3.8) is 0 Å². The van der Waals surface area contributed by atoms with Gasteiger partial charge >= 0.3 is 0 Å². The number of hydrogen-bond acceptors (Lipinski definition) is 3. The van der Waals surface area contributed by atoms with Crippen LogP contribution in [0.2, 0.25) is 0 Å². The normalized spacial score (nSPS) is 15.6. The summed E-state index contributed by atoms with van der Waals surface area (Å²) in [6, 6.07) is 20.3. The van der Waals surface area contributed by atoms with E-state index in [0.29, 0.717) is 19.8 Å². The molecule has 0 radical (unpaired) electrons. The van der Waals surface area contributed by atoms with Crippen LogP contribution in [0.15, 0.2) is 60.7 Å². The van der Waals surface area contributed by atoms with E-state index in [4.69, 9.17) is 4.74 Å². The lowest BCUT2D eigenvalue weighted by Gasteiger charge is -2.46. The van der Waals surface area contributed by atoms with Gasteiger partial charge in [-0.1, -0.05) is 60.4 Å². The summed E-state index contributed by atoms with van der Waals surface area (Å²) in [4.78, 5) is 2.22. The first-order valence-corrected chi connectivity index (χ1v) is 7.88. The Morgan fingerprint density at radius 1 is 1.00 bits per heavy atom. The summed E-state index contributed by atoms with van der Waals surface area (Å²) in [5, 5.41) is 9.45. The van der Waals surface area contributed by atoms with Crippen LogP contribution in [0.4, 0.5) is 0 Å². The van der Waals surface area contributed by atoms with Crippen molar-refractivity contribution in [3.05, 3.63) is 71.8 Å². The first kappa shape index (κ1) is 15.8. The second kappa shape index (κ2) is 7.43. The van der Waals surface area contributed by atoms with Crippen molar-refractivity contribution in [1.29, 1.82) is 0 Å². The molecule has 1 aliphatic rings. The van der Waals surface area contributed by atoms with Crippen molar-refractivity contribution in [3.8, 4) is 11.8 Å². The fourth-order valence-electron chi connectivity index (χ4n) is 2.71. The molecule has 23 heavy (non-hydrogen) atoms. The third kappa shape index (κ3) is 3.80. The first-order valence-electron chi connectivity index (χ1n) is 7.88. The topological polar surface area (TPSA) is 32.7 Å². The Kier molecular flexibility index (Phi) is 5.09. The van der Waals surface area contributed by atoms with Crippen molar-refractivity contribution in [1.82, 2.24) is 4.90 Å². The number of ether oxygens (including phenoxy) is 1. The zero-order valence-electron chi connectivity index (χ0n) is 13.1. The maximum Gasteiger partial charge on any atom is 0.130 e. The van der Waals surface area contributed by atoms with E-state index in [0.717, 1.165) is 12.1 Å². The highest BCUT2D eigenvalue weighted by molar-refractivity contribution is 5.38. The van der Waals surface area contributed by atoms with Crippen LogP contribution in [0.3, 0.4) is 0 Å². The van der Waals surface area contributed by atoms with Crippen LogP contribution in [-0.4, -0.2) is 41.9 Å². The molecule has 0 aliphatic carbocycles. The molecular weight excluding hydrogens is 286 g/mol. The van der Waals surface area contributed by atoms with E-state index in [-0.39, 0.29) is 12.1 Å². The van der Waals surface area contributed by atoms with Crippen LogP contribution in [0.5, 0.6) is 0 Å². The van der Waals surface area contributed by atoms with E-state index >= 15 is 0 Å². The lowest BCUT2D eigenvalue weighted by molar-refractivity contribution is -0.113. The molecule has 1 aliphatic heterocycles. The SMILES string of the molecule is OCCN(Cc1ccccc1)C1(C#Cc2ccccc2)COC1. The summed E-state index contributed by atoms with van der Waals surface area (Å²) in [7, 11) is 0.